The van der Waals surface area contributed by atoms with E-state index in [-0.39, 0.29) is 11.7 Å². The number of likely N-dealkylation sites (N-methyl/N-ethyl adjacent to an activating group) is 1. The fourth-order valence-corrected chi connectivity index (χ4v) is 2.59. The standard InChI is InChI=1S/C13H19ClN4O/c1-2-18-5-3-4-10(18)8-17-13(19)9-6-11(14)12(15)16-7-9/h6-7,10H,2-5,8H2,1H3,(H2,15,16)(H,17,19). The number of pyridine rings is 1. The number of carbonyl (C=O) groups excluding carboxylic acids is 1. The monoisotopic (exact) mass is 282 g/mol. The Kier molecular flexibility index (Phi) is 4.61. The highest BCUT2D eigenvalue weighted by Gasteiger charge is 2.23. The van der Waals surface area contributed by atoms with E-state index in [4.69, 9.17) is 17.3 Å². The first-order valence-corrected chi connectivity index (χ1v) is 6.93. The molecule has 0 radical (unpaired) electrons. The highest BCUT2D eigenvalue weighted by Crippen LogP contribution is 2.18. The zero-order chi connectivity index (χ0) is 13.8. The second-order valence-corrected chi connectivity index (χ2v) is 5.13. The van der Waals surface area contributed by atoms with Crippen LogP contribution in [0.3, 0.4) is 0 Å². The average Bonchev–Trinajstić information content (AvgIpc) is 2.86. The van der Waals surface area contributed by atoms with Gasteiger partial charge in [0.05, 0.1) is 10.6 Å². The molecule has 1 amide bonds. The van der Waals surface area contributed by atoms with Crippen LogP contribution < -0.4 is 11.1 Å². The number of likely N-dealkylation sites (tertiary alicyclic amines) is 1. The number of rotatable bonds is 4. The summed E-state index contributed by atoms with van der Waals surface area (Å²) in [6, 6.07) is 1.98. The summed E-state index contributed by atoms with van der Waals surface area (Å²) in [5, 5.41) is 3.24. The van der Waals surface area contributed by atoms with Gasteiger partial charge in [0, 0.05) is 18.8 Å². The predicted molar refractivity (Wildman–Crippen MR) is 76.3 cm³/mol. The molecule has 1 aromatic heterocycles. The van der Waals surface area contributed by atoms with E-state index in [0.29, 0.717) is 23.2 Å². The Morgan fingerprint density at radius 2 is 2.47 bits per heavy atom. The van der Waals surface area contributed by atoms with Gasteiger partial charge in [-0.15, -0.1) is 0 Å². The molecule has 6 heteroatoms. The summed E-state index contributed by atoms with van der Waals surface area (Å²) in [6.45, 7) is 4.94. The molecule has 1 aliphatic heterocycles. The molecule has 5 nitrogen and oxygen atoms in total. The number of halogens is 1. The van der Waals surface area contributed by atoms with E-state index in [1.165, 1.54) is 12.6 Å². The van der Waals surface area contributed by atoms with Crippen molar-refractivity contribution in [2.75, 3.05) is 25.4 Å². The average molecular weight is 283 g/mol. The molecule has 104 valence electrons. The van der Waals surface area contributed by atoms with Gasteiger partial charge in [-0.1, -0.05) is 18.5 Å². The van der Waals surface area contributed by atoms with Crippen molar-refractivity contribution in [3.63, 3.8) is 0 Å². The lowest BCUT2D eigenvalue weighted by atomic mass is 10.2. The van der Waals surface area contributed by atoms with Crippen molar-refractivity contribution in [2.45, 2.75) is 25.8 Å². The minimum absolute atomic E-state index is 0.155. The molecule has 1 unspecified atom stereocenters. The lowest BCUT2D eigenvalue weighted by Gasteiger charge is -2.22. The molecule has 1 aromatic rings. The van der Waals surface area contributed by atoms with Crippen LogP contribution in [-0.4, -0.2) is 41.5 Å². The normalized spacial score (nSPS) is 19.6. The SMILES string of the molecule is CCN1CCCC1CNC(=O)c1cnc(N)c(Cl)c1. The van der Waals surface area contributed by atoms with Gasteiger partial charge in [-0.2, -0.15) is 0 Å². The summed E-state index contributed by atoms with van der Waals surface area (Å²) in [5.41, 5.74) is 5.96. The maximum atomic E-state index is 12.0. The van der Waals surface area contributed by atoms with E-state index >= 15 is 0 Å². The van der Waals surface area contributed by atoms with Gasteiger partial charge in [0.15, 0.2) is 0 Å². The first kappa shape index (κ1) is 14.1. The van der Waals surface area contributed by atoms with E-state index in [9.17, 15) is 4.79 Å². The molecule has 19 heavy (non-hydrogen) atoms. The molecule has 0 aromatic carbocycles. The minimum Gasteiger partial charge on any atom is -0.382 e. The van der Waals surface area contributed by atoms with Gasteiger partial charge in [-0.05, 0) is 32.0 Å². The molecular formula is C13H19ClN4O. The summed E-state index contributed by atoms with van der Waals surface area (Å²) in [4.78, 5) is 18.3. The first-order chi connectivity index (χ1) is 9.11. The Bertz CT molecular complexity index is 466. The van der Waals surface area contributed by atoms with Gasteiger partial charge in [-0.25, -0.2) is 4.98 Å². The largest absolute Gasteiger partial charge is 0.382 e. The van der Waals surface area contributed by atoms with E-state index in [0.717, 1.165) is 19.5 Å². The van der Waals surface area contributed by atoms with Crippen molar-refractivity contribution in [3.8, 4) is 0 Å². The number of nitrogens with two attached hydrogens (primary N) is 1. The van der Waals surface area contributed by atoms with E-state index < -0.39 is 0 Å². The fraction of sp³-hybridized carbons (Fsp3) is 0.538. The first-order valence-electron chi connectivity index (χ1n) is 6.55. The molecule has 0 bridgehead atoms. The maximum Gasteiger partial charge on any atom is 0.252 e. The van der Waals surface area contributed by atoms with Gasteiger partial charge in [0.1, 0.15) is 5.82 Å². The van der Waals surface area contributed by atoms with Crippen LogP contribution >= 0.6 is 11.6 Å². The molecule has 2 rings (SSSR count). The number of amides is 1. The molecule has 1 atom stereocenters. The lowest BCUT2D eigenvalue weighted by molar-refractivity contribution is 0.0941. The van der Waals surface area contributed by atoms with Crippen LogP contribution in [0.25, 0.3) is 0 Å². The Labute approximate surface area is 118 Å². The summed E-state index contributed by atoms with van der Waals surface area (Å²) < 4.78 is 0. The summed E-state index contributed by atoms with van der Waals surface area (Å²) in [7, 11) is 0. The summed E-state index contributed by atoms with van der Waals surface area (Å²) >= 11 is 5.86. The Balaban J connectivity index is 1.92. The van der Waals surface area contributed by atoms with Crippen molar-refractivity contribution in [2.24, 2.45) is 0 Å². The molecule has 0 aliphatic carbocycles. The van der Waals surface area contributed by atoms with E-state index in [1.54, 1.807) is 6.07 Å². The fourth-order valence-electron chi connectivity index (χ4n) is 2.43. The number of aromatic nitrogens is 1. The van der Waals surface area contributed by atoms with Crippen LogP contribution in [0.5, 0.6) is 0 Å². The third-order valence-electron chi connectivity index (χ3n) is 3.54. The number of hydrogen-bond acceptors (Lipinski definition) is 4. The number of anilines is 1. The molecule has 3 N–H and O–H groups in total. The number of nitrogen functional groups attached to an aromatic ring is 1. The van der Waals surface area contributed by atoms with Crippen LogP contribution in [0.1, 0.15) is 30.1 Å². The van der Waals surface area contributed by atoms with Crippen molar-refractivity contribution in [1.82, 2.24) is 15.2 Å². The topological polar surface area (TPSA) is 71.2 Å². The van der Waals surface area contributed by atoms with Crippen molar-refractivity contribution >= 4 is 23.3 Å². The third kappa shape index (κ3) is 3.36. The lowest BCUT2D eigenvalue weighted by Crippen LogP contribution is -2.40. The summed E-state index contributed by atoms with van der Waals surface area (Å²) in [6.07, 6.45) is 3.78. The zero-order valence-electron chi connectivity index (χ0n) is 11.0. The number of nitrogens with zero attached hydrogens (tertiary/aromatic N) is 2. The molecule has 2 heterocycles. The molecule has 1 saturated heterocycles. The zero-order valence-corrected chi connectivity index (χ0v) is 11.8. The van der Waals surface area contributed by atoms with Gasteiger partial charge in [0.25, 0.3) is 5.91 Å². The predicted octanol–water partition coefficient (Wildman–Crippen LogP) is 1.53. The Hall–Kier alpha value is -1.33. The second-order valence-electron chi connectivity index (χ2n) is 4.73. The molecule has 0 saturated carbocycles. The molecular weight excluding hydrogens is 264 g/mol. The minimum atomic E-state index is -0.155. The smallest absolute Gasteiger partial charge is 0.252 e. The van der Waals surface area contributed by atoms with Crippen LogP contribution in [0.15, 0.2) is 12.3 Å². The molecule has 1 fully saturated rings. The number of nitrogens with one attached hydrogen (secondary N) is 1. The Morgan fingerprint density at radius 1 is 1.68 bits per heavy atom. The quantitative estimate of drug-likeness (QED) is 0.879. The number of hydrogen-bond donors (Lipinski definition) is 2. The Morgan fingerprint density at radius 3 is 3.16 bits per heavy atom. The van der Waals surface area contributed by atoms with Crippen molar-refractivity contribution in [1.29, 1.82) is 0 Å². The molecule has 0 spiro atoms. The highest BCUT2D eigenvalue weighted by molar-refractivity contribution is 6.33. The third-order valence-corrected chi connectivity index (χ3v) is 3.84. The van der Waals surface area contributed by atoms with Crippen LogP contribution in [0, 0.1) is 0 Å². The molecule has 1 aliphatic rings. The maximum absolute atomic E-state index is 12.0. The van der Waals surface area contributed by atoms with Gasteiger partial charge in [0.2, 0.25) is 0 Å². The van der Waals surface area contributed by atoms with Crippen LogP contribution in [0.4, 0.5) is 5.82 Å². The van der Waals surface area contributed by atoms with E-state index in [1.807, 2.05) is 0 Å². The van der Waals surface area contributed by atoms with Crippen LogP contribution in [-0.2, 0) is 0 Å². The summed E-state index contributed by atoms with van der Waals surface area (Å²) in [5.74, 6) is 0.0866. The van der Waals surface area contributed by atoms with Crippen molar-refractivity contribution in [3.05, 3.63) is 22.8 Å². The van der Waals surface area contributed by atoms with Crippen molar-refractivity contribution < 1.29 is 4.79 Å². The van der Waals surface area contributed by atoms with Crippen LogP contribution in [0.2, 0.25) is 5.02 Å². The number of carbonyl (C=O) groups is 1. The van der Waals surface area contributed by atoms with E-state index in [2.05, 4.69) is 22.1 Å². The van der Waals surface area contributed by atoms with Gasteiger partial charge >= 0.3 is 0 Å². The second kappa shape index (κ2) is 6.21. The van der Waals surface area contributed by atoms with Gasteiger partial charge < -0.3 is 11.1 Å². The highest BCUT2D eigenvalue weighted by atomic mass is 35.5. The van der Waals surface area contributed by atoms with Gasteiger partial charge in [-0.3, -0.25) is 9.69 Å².